The Hall–Kier alpha value is -4.00. The number of hydrogen-bond donors (Lipinski definition) is 3. The predicted molar refractivity (Wildman–Crippen MR) is 274 cm³/mol. The van der Waals surface area contributed by atoms with E-state index in [0.717, 1.165) is 25.8 Å². The molecule has 2 aromatic rings. The van der Waals surface area contributed by atoms with Gasteiger partial charge in [-0.2, -0.15) is 0 Å². The van der Waals surface area contributed by atoms with E-state index in [9.17, 15) is 24.6 Å². The monoisotopic (exact) mass is 1030 g/mol. The molecule has 0 unspecified atom stereocenters. The van der Waals surface area contributed by atoms with Gasteiger partial charge in [0.25, 0.3) is 5.91 Å². The molecule has 9 rings (SSSR count). The van der Waals surface area contributed by atoms with Gasteiger partial charge in [0.2, 0.25) is 8.32 Å². The van der Waals surface area contributed by atoms with Crippen LogP contribution in [0.4, 0.5) is 0 Å². The summed E-state index contributed by atoms with van der Waals surface area (Å²) in [5.41, 5.74) is -3.33. The second kappa shape index (κ2) is 20.2. The number of likely N-dealkylation sites (tertiary alicyclic amines) is 1. The minimum absolute atomic E-state index is 0.00510. The van der Waals surface area contributed by atoms with Gasteiger partial charge in [-0.15, -0.1) is 0 Å². The molecule has 15 nitrogen and oxygen atoms in total. The van der Waals surface area contributed by atoms with Crippen molar-refractivity contribution in [3.63, 3.8) is 0 Å². The largest absolute Gasteiger partial charge is 0.456 e. The fraction of sp³-hybridized carbons (Fsp3) is 0.684. The summed E-state index contributed by atoms with van der Waals surface area (Å²) < 4.78 is 48.4. The Labute approximate surface area is 432 Å². The summed E-state index contributed by atoms with van der Waals surface area (Å²) in [7, 11) is -2.87. The van der Waals surface area contributed by atoms with Crippen molar-refractivity contribution in [1.29, 1.82) is 0 Å². The van der Waals surface area contributed by atoms with Crippen molar-refractivity contribution in [2.24, 2.45) is 22.7 Å². The highest BCUT2D eigenvalue weighted by Gasteiger charge is 2.77. The molecule has 3 N–H and O–H groups in total. The van der Waals surface area contributed by atoms with Crippen molar-refractivity contribution in [3.8, 4) is 0 Å². The highest BCUT2D eigenvalue weighted by molar-refractivity contribution is 6.77. The van der Waals surface area contributed by atoms with Crippen molar-refractivity contribution in [3.05, 3.63) is 82.9 Å². The molecule has 1 amide bonds. The second-order valence-corrected chi connectivity index (χ2v) is 29.5. The maximum Gasteiger partial charge on any atom is 0.338 e. The highest BCUT2D eigenvalue weighted by atomic mass is 28.4. The van der Waals surface area contributed by atoms with Gasteiger partial charge in [0.15, 0.2) is 18.0 Å². The number of nitrogens with zero attached hydrogens (tertiary/aromatic N) is 1. The van der Waals surface area contributed by atoms with Crippen LogP contribution >= 0.6 is 0 Å². The standard InChI is InChI=1S/C57H80N2O13Si/c1-32(2)73(33(3)4,34(5)6)72-47(45(37-22-23-37)58-51(62)38-18-14-12-15-19-38)53(64)67-41-28-57(65)50(70-52(63)39-20-16-13-17-21-39)48-55(11,26-24-42-56(48,31-66-42)71-36(8)61)49-46(44(35(41)7)54(57,9)10)68-43(69-49)29-59-27-25-40(59)30-60/h12-21,32-34,37,40-43,45-50,60,65H,22-31H2,1-11H3,(H,58,62)/t40-,41-,42+,43+,45-,46+,47+,48-,49+,50-,55+,56-,57+/m0/s1. The van der Waals surface area contributed by atoms with E-state index in [2.05, 4.69) is 58.7 Å². The lowest BCUT2D eigenvalue weighted by molar-refractivity contribution is -0.345. The number of hydrogen-bond acceptors (Lipinski definition) is 14. The summed E-state index contributed by atoms with van der Waals surface area (Å²) >= 11 is 0. The molecule has 3 saturated carbocycles. The molecule has 16 heteroatoms. The molecule has 400 valence electrons. The van der Waals surface area contributed by atoms with E-state index in [1.807, 2.05) is 26.8 Å². The van der Waals surface area contributed by atoms with Crippen LogP contribution in [0, 0.1) is 22.7 Å². The zero-order valence-corrected chi connectivity index (χ0v) is 45.8. The van der Waals surface area contributed by atoms with Crippen LogP contribution in [-0.2, 0) is 42.4 Å². The van der Waals surface area contributed by atoms with Gasteiger partial charge in [-0.25, -0.2) is 9.59 Å². The van der Waals surface area contributed by atoms with Crippen molar-refractivity contribution in [2.45, 2.75) is 198 Å². The van der Waals surface area contributed by atoms with Crippen LogP contribution < -0.4 is 5.32 Å². The number of carbonyl (C=O) groups is 4. The number of amides is 1. The maximum atomic E-state index is 15.8. The number of ether oxygens (including phenoxy) is 6. The van der Waals surface area contributed by atoms with Crippen LogP contribution in [0.2, 0.25) is 16.6 Å². The van der Waals surface area contributed by atoms with Gasteiger partial charge in [-0.1, -0.05) is 98.7 Å². The fourth-order valence-corrected chi connectivity index (χ4v) is 20.2. The lowest BCUT2D eigenvalue weighted by Crippen LogP contribution is -2.79. The van der Waals surface area contributed by atoms with Gasteiger partial charge in [0.1, 0.15) is 30.0 Å². The number of aliphatic hydroxyl groups is 2. The summed E-state index contributed by atoms with van der Waals surface area (Å²) in [5.74, 6) is -3.19. The fourth-order valence-electron chi connectivity index (χ4n) is 14.7. The van der Waals surface area contributed by atoms with Gasteiger partial charge >= 0.3 is 17.9 Å². The van der Waals surface area contributed by atoms with Crippen molar-refractivity contribution >= 4 is 32.1 Å². The molecule has 2 bridgehead atoms. The molecular formula is C57H80N2O13Si. The molecule has 6 fully saturated rings. The van der Waals surface area contributed by atoms with Crippen LogP contribution in [0.3, 0.4) is 0 Å². The molecule has 13 atom stereocenters. The van der Waals surface area contributed by atoms with E-state index in [0.29, 0.717) is 36.1 Å². The lowest BCUT2D eigenvalue weighted by Gasteiger charge is -2.68. The Balaban J connectivity index is 1.20. The number of carbonyl (C=O) groups excluding carboxylic acids is 4. The van der Waals surface area contributed by atoms with Gasteiger partial charge in [-0.05, 0) is 97.0 Å². The zero-order valence-electron chi connectivity index (χ0n) is 44.8. The average molecular weight is 1030 g/mol. The molecule has 2 aromatic carbocycles. The SMILES string of the molecule is CC(=O)O[C@@]12CO[C@@H]1CC[C@@]1(C)[C@@H]3O[C@H](CN4CC[C@H]4CO)O[C@@H]3C3=C(C)[C@@H](OC(=O)[C@H](O[Si](C(C)C)(C(C)C)C(C)C)[C@@H](NC(=O)c4ccccc4)C4CC4)C[C@@](O)([C@@H](OC(=O)c4ccccc4)[C@@H]12)C3(C)C. The van der Waals surface area contributed by atoms with Crippen LogP contribution in [0.1, 0.15) is 135 Å². The van der Waals surface area contributed by atoms with Gasteiger partial charge in [-0.3, -0.25) is 14.5 Å². The smallest absolute Gasteiger partial charge is 0.338 e. The van der Waals surface area contributed by atoms with Crippen LogP contribution in [0.25, 0.3) is 0 Å². The first kappa shape index (κ1) is 53.8. The first-order valence-electron chi connectivity index (χ1n) is 26.9. The highest BCUT2D eigenvalue weighted by Crippen LogP contribution is 2.67. The minimum Gasteiger partial charge on any atom is -0.456 e. The Morgan fingerprint density at radius 3 is 2.03 bits per heavy atom. The van der Waals surface area contributed by atoms with Gasteiger partial charge in [0, 0.05) is 48.9 Å². The molecule has 4 aliphatic carbocycles. The first-order chi connectivity index (χ1) is 34.5. The first-order valence-corrected chi connectivity index (χ1v) is 29.1. The minimum atomic E-state index is -2.87. The molecule has 3 aliphatic heterocycles. The third kappa shape index (κ3) is 9.14. The van der Waals surface area contributed by atoms with E-state index in [-0.39, 0.29) is 59.7 Å². The molecule has 7 aliphatic rings. The van der Waals surface area contributed by atoms with Crippen molar-refractivity contribution in [1.82, 2.24) is 10.2 Å². The van der Waals surface area contributed by atoms with E-state index in [4.69, 9.17) is 32.8 Å². The Bertz CT molecular complexity index is 2390. The van der Waals surface area contributed by atoms with Crippen molar-refractivity contribution in [2.75, 3.05) is 26.3 Å². The summed E-state index contributed by atoms with van der Waals surface area (Å²) in [6.45, 7) is 23.2. The topological polar surface area (TPSA) is 189 Å². The molecule has 73 heavy (non-hydrogen) atoms. The summed E-state index contributed by atoms with van der Waals surface area (Å²) in [5, 5.41) is 27.8. The van der Waals surface area contributed by atoms with Crippen LogP contribution in [0.5, 0.6) is 0 Å². The summed E-state index contributed by atoms with van der Waals surface area (Å²) in [4.78, 5) is 60.3. The Kier molecular flexibility index (Phi) is 14.9. The van der Waals surface area contributed by atoms with Gasteiger partial charge in [0.05, 0.1) is 36.8 Å². The summed E-state index contributed by atoms with van der Waals surface area (Å²) in [6.07, 6.45) is -3.46. The van der Waals surface area contributed by atoms with Crippen LogP contribution in [0.15, 0.2) is 71.8 Å². The maximum absolute atomic E-state index is 15.8. The normalized spacial score (nSPS) is 34.5. The van der Waals surface area contributed by atoms with E-state index < -0.39 is 103 Å². The molecule has 3 saturated heterocycles. The second-order valence-electron chi connectivity index (χ2n) is 24.1. The van der Waals surface area contributed by atoms with E-state index >= 15 is 4.79 Å². The number of rotatable bonds is 17. The third-order valence-corrected chi connectivity index (χ3v) is 24.8. The van der Waals surface area contributed by atoms with E-state index in [1.54, 1.807) is 54.6 Å². The number of benzene rings is 2. The summed E-state index contributed by atoms with van der Waals surface area (Å²) in [6, 6.07) is 16.8. The number of esters is 3. The van der Waals surface area contributed by atoms with Crippen molar-refractivity contribution < 1.29 is 62.2 Å². The molecule has 3 heterocycles. The Morgan fingerprint density at radius 2 is 1.49 bits per heavy atom. The zero-order chi connectivity index (χ0) is 52.6. The average Bonchev–Trinajstić information content (AvgIpc) is 4.09. The third-order valence-electron chi connectivity index (χ3n) is 18.7. The lowest BCUT2D eigenvalue weighted by atomic mass is 9.45. The quantitative estimate of drug-likeness (QED) is 0.0606. The van der Waals surface area contributed by atoms with Gasteiger partial charge < -0.3 is 48.4 Å². The molecule has 0 radical (unpaired) electrons. The predicted octanol–water partition coefficient (Wildman–Crippen LogP) is 7.68. The molecule has 0 aromatic heterocycles. The van der Waals surface area contributed by atoms with E-state index in [1.165, 1.54) is 6.92 Å². The number of nitrogens with one attached hydrogen (secondary N) is 1. The number of fused-ring (bicyclic) bond motifs is 8. The molecule has 0 spiro atoms. The molecular weight excluding hydrogens is 949 g/mol. The van der Waals surface area contributed by atoms with Crippen LogP contribution in [-0.4, -0.2) is 140 Å². The Morgan fingerprint density at radius 1 is 0.863 bits per heavy atom. The number of aliphatic hydroxyl groups excluding tert-OH is 1.